The second-order valence-corrected chi connectivity index (χ2v) is 27.6. The number of benzene rings is 1. The summed E-state index contributed by atoms with van der Waals surface area (Å²) in [5, 5.41) is 2.51. The van der Waals surface area contributed by atoms with Gasteiger partial charge in [-0.15, -0.1) is 0 Å². The molecule has 0 saturated carbocycles. The van der Waals surface area contributed by atoms with E-state index in [0.717, 1.165) is 9.80 Å². The molecule has 21 atom stereocenters. The molecule has 4 aliphatic heterocycles. The zero-order valence-corrected chi connectivity index (χ0v) is 70.0. The minimum Gasteiger partial charge on any atom is -0.463 e. The second kappa shape index (κ2) is 54.7. The lowest BCUT2D eigenvalue weighted by Crippen LogP contribution is -2.63. The lowest BCUT2D eigenvalue weighted by atomic mass is 9.98. The summed E-state index contributed by atoms with van der Waals surface area (Å²) < 4.78 is 264. The summed E-state index contributed by atoms with van der Waals surface area (Å²) in [7, 11) is 0. The number of amides is 3. The maximum atomic E-state index is 16.3. The summed E-state index contributed by atoms with van der Waals surface area (Å²) in [5.41, 5.74) is 0.599. The molecule has 3 amide bonds. The SMILES string of the molecule is [2H]CC(=O)OC[C@H]1OC(OCCN(CCOC2O[C@H](COC(=O)C[2H])[C@@H](OC(=O)C[2H])[C@H](OC(=O)C[2H])[C@@H]2OC(=O)C[2H])C(=O)CC[C@H](NC(=O)CCCCC(=O)OCc2ccccc2)C(=O)N(CCOC2O[C@H](COC(=O)C[2H])[C@@H](OC(=O)C[2H])[C@H](OC(=O)C[2H])[C@@H]2OC(=O)C[2H])CCOC2O[C@H](COC(=O)C[2H])[C@@H](OC(=O)C[2H])[C@H](OC(=O)C[2H])[C@@H]2OC(=O)C[2H])[C@@H](OC(=O)C[2H])[C@@H](OC(=O)C[2H])[C@@H]1OC(=O)C[2H]. The molecule has 48 nitrogen and oxygen atoms in total. The van der Waals surface area contributed by atoms with Gasteiger partial charge in [-0.25, -0.2) is 0 Å². The van der Waals surface area contributed by atoms with Crippen molar-refractivity contribution in [1.82, 2.24) is 15.1 Å². The van der Waals surface area contributed by atoms with Crippen LogP contribution in [-0.4, -0.2) is 337 Å². The average molecular weight is 1880 g/mol. The Kier molecular flexibility index (Phi) is 35.8. The minimum atomic E-state index is -2.25. The molecule has 4 heterocycles. The maximum absolute atomic E-state index is 16.3. The molecule has 0 bridgehead atoms. The normalized spacial score (nSPS) is 26.8. The fourth-order valence-electron chi connectivity index (χ4n) is 13.1. The smallest absolute Gasteiger partial charge is 0.306 e. The van der Waals surface area contributed by atoms with Gasteiger partial charge in [-0.3, -0.25) is 95.9 Å². The zero-order chi connectivity index (χ0) is 108. The number of nitrogens with zero attached hydrogens (tertiary/aromatic N) is 2. The van der Waals surface area contributed by atoms with Crippen LogP contribution in [0.4, 0.5) is 0 Å². The molecule has 0 radical (unpaired) electrons. The van der Waals surface area contributed by atoms with Crippen LogP contribution in [0.5, 0.6) is 0 Å². The van der Waals surface area contributed by atoms with E-state index in [1.807, 2.05) is 0 Å². The van der Waals surface area contributed by atoms with Crippen molar-refractivity contribution in [3.8, 4) is 0 Å². The monoisotopic (exact) mass is 1880 g/mol. The predicted molar refractivity (Wildman–Crippen MR) is 421 cm³/mol. The summed E-state index contributed by atoms with van der Waals surface area (Å²) in [5.74, 6) is -26.5. The molecule has 4 saturated heterocycles. The quantitative estimate of drug-likeness (QED) is 0.0493. The van der Waals surface area contributed by atoms with Crippen LogP contribution in [0.1, 0.15) is 176 Å². The van der Waals surface area contributed by atoms with Gasteiger partial charge in [0.15, 0.2) is 98.4 Å². The number of carbonyl (C=O) groups excluding carboxylic acids is 20. The van der Waals surface area contributed by atoms with Gasteiger partial charge in [0.25, 0.3) is 0 Å². The highest BCUT2D eigenvalue weighted by Gasteiger charge is 2.58. The topological polar surface area (TPSA) is 591 Å². The van der Waals surface area contributed by atoms with Gasteiger partial charge in [-0.2, -0.15) is 0 Å². The number of ether oxygens (including phenoxy) is 25. The molecule has 130 heavy (non-hydrogen) atoms. The van der Waals surface area contributed by atoms with E-state index in [1.165, 1.54) is 0 Å². The van der Waals surface area contributed by atoms with Gasteiger partial charge in [-0.05, 0) is 24.8 Å². The molecule has 0 aliphatic carbocycles. The Morgan fingerprint density at radius 3 is 0.862 bits per heavy atom. The van der Waals surface area contributed by atoms with Crippen molar-refractivity contribution in [1.29, 1.82) is 0 Å². The first-order chi connectivity index (χ1) is 69.9. The van der Waals surface area contributed by atoms with Gasteiger partial charge < -0.3 is 134 Å². The molecule has 1 N–H and O–H groups in total. The van der Waals surface area contributed by atoms with Crippen LogP contribution in [0.15, 0.2) is 30.3 Å². The molecule has 48 heteroatoms. The van der Waals surface area contributed by atoms with Crippen molar-refractivity contribution in [3.63, 3.8) is 0 Å². The Morgan fingerprint density at radius 1 is 0.315 bits per heavy atom. The Morgan fingerprint density at radius 2 is 0.577 bits per heavy atom. The van der Waals surface area contributed by atoms with Crippen molar-refractivity contribution in [2.75, 3.05) is 79.0 Å². The molecule has 0 spiro atoms. The molecular weight excluding hydrogens is 1750 g/mol. The van der Waals surface area contributed by atoms with Gasteiger partial charge >= 0.3 is 101 Å². The van der Waals surface area contributed by atoms with E-state index in [2.05, 4.69) is 5.32 Å². The third-order valence-electron chi connectivity index (χ3n) is 18.0. The molecule has 5 rings (SSSR count). The van der Waals surface area contributed by atoms with Crippen molar-refractivity contribution >= 4 is 119 Å². The molecule has 4 unspecified atom stereocenters. The first-order valence-corrected chi connectivity index (χ1v) is 38.7. The van der Waals surface area contributed by atoms with Gasteiger partial charge in [0.1, 0.15) is 63.5 Å². The van der Waals surface area contributed by atoms with Crippen LogP contribution in [0.25, 0.3) is 0 Å². The lowest BCUT2D eigenvalue weighted by molar-refractivity contribution is -0.309. The van der Waals surface area contributed by atoms with Gasteiger partial charge in [-0.1, -0.05) is 30.3 Å². The number of esters is 17. The van der Waals surface area contributed by atoms with E-state index in [-0.39, 0.29) is 25.9 Å². The third kappa shape index (κ3) is 38.2. The fourth-order valence-corrected chi connectivity index (χ4v) is 13.1. The largest absolute Gasteiger partial charge is 0.463 e. The van der Waals surface area contributed by atoms with Crippen LogP contribution in [0, 0.1) is 0 Å². The summed E-state index contributed by atoms with van der Waals surface area (Å²) >= 11 is 0. The van der Waals surface area contributed by atoms with Crippen LogP contribution in [0.3, 0.4) is 0 Å². The standard InChI is InChI=1S/C82H113N3O45/c1-41(86)110-37-59-66(115-45(5)90)70(119-49(9)94)74(123-53(13)98)79(127-59)106-32-28-84(29-33-107-80-75(124-54(14)99)71(120-50(10)95)67(116-46(6)91)60(128-80)38-111-42(2)87)64(103)27-26-58(83-63(102)24-20-21-25-65(104)114-36-57-22-18-17-19-23-57)78(105)85(30-34-108-81-76(125-55(15)100)72(121-51(11)96)68(117-47(7)92)61(129-81)39-112-43(3)88)31-35-109-82-77(126-56(16)101)73(122-52(12)97)69(118-48(8)93)62(130-82)40-113-44(4)89/h17-19,22-23,58-62,66-77,79-82H,20-21,24-40H2,1-16H3,(H,83,102)/t58-,59+,60+,61+,62+,66+,67+,68+,69+,70-,71-,72-,73-,74-,75-,76-,77-,79?,80?,81?,82?/m0/s1/i1D,2D,3D,4D,5D,6D,7D,8D,9D,10D,11D,12D,13D,14D,15D,16D. The summed E-state index contributed by atoms with van der Waals surface area (Å²) in [6, 6.07) is 6.24. The summed E-state index contributed by atoms with van der Waals surface area (Å²) in [4.78, 5) is 269. The number of carbonyl (C=O) groups is 20. The average Bonchev–Trinajstić information content (AvgIpc) is 0.795. The van der Waals surface area contributed by atoms with Gasteiger partial charge in [0.2, 0.25) is 17.7 Å². The number of nitrogens with one attached hydrogen (secondary N) is 1. The highest BCUT2D eigenvalue weighted by atomic mass is 16.8. The van der Waals surface area contributed by atoms with Gasteiger partial charge in [0.05, 0.1) is 26.4 Å². The maximum Gasteiger partial charge on any atom is 0.306 e. The molecule has 4 aliphatic rings. The molecule has 1 aromatic carbocycles. The first-order valence-electron chi connectivity index (χ1n) is 50.0. The second-order valence-electron chi connectivity index (χ2n) is 27.6. The molecule has 4 fully saturated rings. The molecule has 726 valence electrons. The molecule has 1 aromatic rings. The van der Waals surface area contributed by atoms with E-state index < -0.39 is 457 Å². The van der Waals surface area contributed by atoms with E-state index in [4.69, 9.17) is 140 Å². The molecule has 0 aromatic heterocycles. The lowest BCUT2D eigenvalue weighted by Gasteiger charge is -2.44. The first kappa shape index (κ1) is 85.1. The Balaban J connectivity index is 1.81. The van der Waals surface area contributed by atoms with E-state index in [9.17, 15) is 86.3 Å². The summed E-state index contributed by atoms with van der Waals surface area (Å²) in [6.45, 7) is -30.7. The van der Waals surface area contributed by atoms with E-state index >= 15 is 9.59 Å². The fraction of sp³-hybridized carbons (Fsp3) is 0.683. The highest BCUT2D eigenvalue weighted by molar-refractivity contribution is 5.88. The number of hydrogen-bond donors (Lipinski definition) is 1. The zero-order valence-electron chi connectivity index (χ0n) is 86.0. The number of unbranched alkanes of at least 4 members (excludes halogenated alkanes) is 1. The minimum absolute atomic E-state index is 0.0955. The van der Waals surface area contributed by atoms with Crippen molar-refractivity contribution in [2.24, 2.45) is 0 Å². The Hall–Kier alpha value is -11.7. The number of rotatable bonds is 48. The van der Waals surface area contributed by atoms with Crippen LogP contribution in [-0.2, 0) is 221 Å². The Bertz CT molecular complexity index is 4230. The van der Waals surface area contributed by atoms with Crippen molar-refractivity contribution in [3.05, 3.63) is 35.9 Å². The van der Waals surface area contributed by atoms with Crippen molar-refractivity contribution in [2.45, 2.75) is 284 Å². The van der Waals surface area contributed by atoms with Crippen molar-refractivity contribution < 1.29 is 236 Å². The molecular formula is C82H113N3O45. The predicted octanol–water partition coefficient (Wildman–Crippen LogP) is -0.389. The van der Waals surface area contributed by atoms with Crippen LogP contribution < -0.4 is 5.32 Å². The third-order valence-corrected chi connectivity index (χ3v) is 18.0. The van der Waals surface area contributed by atoms with E-state index in [0.29, 0.717) is 5.56 Å². The number of hydrogen-bond acceptors (Lipinski definition) is 45. The Labute approximate surface area is 768 Å². The van der Waals surface area contributed by atoms with Crippen LogP contribution in [0.2, 0.25) is 0 Å². The van der Waals surface area contributed by atoms with E-state index in [1.54, 1.807) is 30.3 Å². The summed E-state index contributed by atoms with van der Waals surface area (Å²) in [6.07, 6.45) is -45.8. The highest BCUT2D eigenvalue weighted by Crippen LogP contribution is 2.36. The van der Waals surface area contributed by atoms with Crippen LogP contribution >= 0.6 is 0 Å². The van der Waals surface area contributed by atoms with Gasteiger partial charge in [0, 0.05) is 178 Å².